The zero-order valence-corrected chi connectivity index (χ0v) is 11.7. The number of rotatable bonds is 6. The summed E-state index contributed by atoms with van der Waals surface area (Å²) in [5, 5.41) is 6.73. The number of nitrogens with one attached hydrogen (secondary N) is 2. The van der Waals surface area contributed by atoms with Crippen LogP contribution in [-0.4, -0.2) is 23.1 Å². The van der Waals surface area contributed by atoms with E-state index >= 15 is 0 Å². The Hall–Kier alpha value is -1.32. The van der Waals surface area contributed by atoms with E-state index in [1.807, 2.05) is 6.07 Å². The summed E-state index contributed by atoms with van der Waals surface area (Å²) in [7, 11) is 0. The molecule has 0 bridgehead atoms. The Bertz CT molecular complexity index is 399. The van der Waals surface area contributed by atoms with E-state index in [-0.39, 0.29) is 0 Å². The van der Waals surface area contributed by atoms with Crippen LogP contribution in [0.2, 0.25) is 0 Å². The molecule has 2 N–H and O–H groups in total. The first-order valence-electron chi connectivity index (χ1n) is 7.01. The van der Waals surface area contributed by atoms with E-state index in [1.54, 1.807) is 0 Å². The number of aromatic nitrogens is 2. The molecule has 0 aromatic carbocycles. The molecule has 0 amide bonds. The number of hydrogen-bond acceptors (Lipinski definition) is 4. The molecule has 1 fully saturated rings. The molecule has 0 spiro atoms. The van der Waals surface area contributed by atoms with Crippen LogP contribution in [0.15, 0.2) is 6.07 Å². The van der Waals surface area contributed by atoms with Crippen LogP contribution >= 0.6 is 0 Å². The first kappa shape index (κ1) is 13.1. The fraction of sp³-hybridized carbons (Fsp3) is 0.714. The van der Waals surface area contributed by atoms with Gasteiger partial charge in [0.05, 0.1) is 0 Å². The second-order valence-electron chi connectivity index (χ2n) is 5.46. The quantitative estimate of drug-likeness (QED) is 0.812. The lowest BCUT2D eigenvalue weighted by Gasteiger charge is -2.38. The molecule has 4 heteroatoms. The molecule has 1 aliphatic carbocycles. The van der Waals surface area contributed by atoms with Crippen molar-refractivity contribution in [1.29, 1.82) is 0 Å². The van der Waals surface area contributed by atoms with E-state index in [0.717, 1.165) is 37.0 Å². The van der Waals surface area contributed by atoms with Crippen LogP contribution in [0.4, 0.5) is 11.6 Å². The first-order chi connectivity index (χ1) is 8.65. The summed E-state index contributed by atoms with van der Waals surface area (Å²) in [6.45, 7) is 8.41. The van der Waals surface area contributed by atoms with Crippen LogP contribution in [0.1, 0.15) is 45.9 Å². The maximum atomic E-state index is 4.53. The lowest BCUT2D eigenvalue weighted by molar-refractivity contribution is 0.180. The molecule has 1 saturated carbocycles. The van der Waals surface area contributed by atoms with Crippen LogP contribution in [0.3, 0.4) is 0 Å². The summed E-state index contributed by atoms with van der Waals surface area (Å²) in [6.07, 6.45) is 4.88. The Morgan fingerprint density at radius 1 is 1.17 bits per heavy atom. The van der Waals surface area contributed by atoms with Gasteiger partial charge >= 0.3 is 0 Å². The summed E-state index contributed by atoms with van der Waals surface area (Å²) in [5.74, 6) is 2.77. The Labute approximate surface area is 110 Å². The maximum Gasteiger partial charge on any atom is 0.132 e. The zero-order chi connectivity index (χ0) is 13.0. The molecule has 0 aliphatic heterocycles. The van der Waals surface area contributed by atoms with E-state index in [9.17, 15) is 0 Å². The molecule has 0 radical (unpaired) electrons. The van der Waals surface area contributed by atoms with Crippen LogP contribution in [0.5, 0.6) is 0 Å². The molecular weight excluding hydrogens is 224 g/mol. The van der Waals surface area contributed by atoms with Crippen molar-refractivity contribution in [2.45, 2.75) is 46.5 Å². The molecule has 0 saturated heterocycles. The van der Waals surface area contributed by atoms with Gasteiger partial charge in [-0.1, -0.05) is 20.3 Å². The Balaban J connectivity index is 2.03. The molecule has 0 atom stereocenters. The smallest absolute Gasteiger partial charge is 0.132 e. The first-order valence-corrected chi connectivity index (χ1v) is 7.01. The van der Waals surface area contributed by atoms with Gasteiger partial charge in [-0.25, -0.2) is 9.97 Å². The summed E-state index contributed by atoms with van der Waals surface area (Å²) in [5.41, 5.74) is 0.468. The number of nitrogens with zero attached hydrogens (tertiary/aromatic N) is 2. The highest BCUT2D eigenvalue weighted by Gasteiger charge is 2.31. The summed E-state index contributed by atoms with van der Waals surface area (Å²) in [6, 6.07) is 2.00. The molecule has 2 rings (SSSR count). The lowest BCUT2D eigenvalue weighted by atomic mass is 9.70. The Kier molecular flexibility index (Phi) is 4.04. The summed E-state index contributed by atoms with van der Waals surface area (Å²) in [4.78, 5) is 8.99. The van der Waals surface area contributed by atoms with Gasteiger partial charge in [0.25, 0.3) is 0 Å². The molecular formula is C14H24N4. The van der Waals surface area contributed by atoms with Crippen molar-refractivity contribution in [1.82, 2.24) is 9.97 Å². The van der Waals surface area contributed by atoms with Gasteiger partial charge in [0.15, 0.2) is 0 Å². The number of hydrogen-bond donors (Lipinski definition) is 2. The normalized spacial score (nSPS) is 17.1. The van der Waals surface area contributed by atoms with Gasteiger partial charge in [-0.05, 0) is 25.2 Å². The van der Waals surface area contributed by atoms with Crippen LogP contribution in [0.25, 0.3) is 0 Å². The Morgan fingerprint density at radius 2 is 1.83 bits per heavy atom. The topological polar surface area (TPSA) is 49.8 Å². The van der Waals surface area contributed by atoms with Crippen molar-refractivity contribution < 1.29 is 0 Å². The third kappa shape index (κ3) is 3.12. The van der Waals surface area contributed by atoms with E-state index in [0.29, 0.717) is 5.41 Å². The van der Waals surface area contributed by atoms with Gasteiger partial charge in [0.1, 0.15) is 17.5 Å². The number of anilines is 2. The van der Waals surface area contributed by atoms with Crippen molar-refractivity contribution in [2.24, 2.45) is 5.41 Å². The largest absolute Gasteiger partial charge is 0.370 e. The van der Waals surface area contributed by atoms with E-state index < -0.39 is 0 Å². The van der Waals surface area contributed by atoms with Crippen LogP contribution in [0, 0.1) is 5.41 Å². The van der Waals surface area contributed by atoms with Gasteiger partial charge in [0.2, 0.25) is 0 Å². The van der Waals surface area contributed by atoms with Crippen LogP contribution < -0.4 is 10.6 Å². The summed E-state index contributed by atoms with van der Waals surface area (Å²) >= 11 is 0. The van der Waals surface area contributed by atoms with Crippen LogP contribution in [-0.2, 0) is 6.42 Å². The molecule has 1 aromatic rings. The van der Waals surface area contributed by atoms with Crippen molar-refractivity contribution in [3.8, 4) is 0 Å². The molecule has 1 aromatic heterocycles. The van der Waals surface area contributed by atoms with Gasteiger partial charge in [-0.3, -0.25) is 0 Å². The molecule has 0 unspecified atom stereocenters. The average molecular weight is 248 g/mol. The number of aryl methyl sites for hydroxylation is 1. The predicted octanol–water partition coefficient (Wildman–Crippen LogP) is 3.07. The Morgan fingerprint density at radius 3 is 2.33 bits per heavy atom. The average Bonchev–Trinajstić information content (AvgIpc) is 2.34. The predicted molar refractivity (Wildman–Crippen MR) is 76.0 cm³/mol. The van der Waals surface area contributed by atoms with Crippen molar-refractivity contribution in [2.75, 3.05) is 23.7 Å². The third-order valence-electron chi connectivity index (χ3n) is 3.70. The minimum Gasteiger partial charge on any atom is -0.370 e. The molecule has 18 heavy (non-hydrogen) atoms. The second kappa shape index (κ2) is 5.55. The highest BCUT2D eigenvalue weighted by Crippen LogP contribution is 2.40. The monoisotopic (exact) mass is 248 g/mol. The lowest BCUT2D eigenvalue weighted by Crippen LogP contribution is -2.33. The standard InChI is InChI=1S/C14H24N4/c1-4-11-17-12(15-5-2)9-13(18-11)16-10-14(3)7-6-8-14/h9H,4-8,10H2,1-3H3,(H2,15,16,17,18). The SMILES string of the molecule is CCNc1cc(NCC2(C)CCC2)nc(CC)n1. The fourth-order valence-corrected chi connectivity index (χ4v) is 2.28. The molecule has 100 valence electrons. The fourth-order valence-electron chi connectivity index (χ4n) is 2.28. The zero-order valence-electron chi connectivity index (χ0n) is 11.7. The highest BCUT2D eigenvalue weighted by atomic mass is 15.1. The minimum atomic E-state index is 0.468. The van der Waals surface area contributed by atoms with E-state index in [2.05, 4.69) is 41.4 Å². The molecule has 1 aliphatic rings. The van der Waals surface area contributed by atoms with Gasteiger partial charge in [0, 0.05) is 25.6 Å². The van der Waals surface area contributed by atoms with Gasteiger partial charge in [-0.15, -0.1) is 0 Å². The third-order valence-corrected chi connectivity index (χ3v) is 3.70. The maximum absolute atomic E-state index is 4.53. The molecule has 1 heterocycles. The highest BCUT2D eigenvalue weighted by molar-refractivity contribution is 5.47. The van der Waals surface area contributed by atoms with Crippen molar-refractivity contribution in [3.63, 3.8) is 0 Å². The van der Waals surface area contributed by atoms with Crippen molar-refractivity contribution in [3.05, 3.63) is 11.9 Å². The second-order valence-corrected chi connectivity index (χ2v) is 5.46. The minimum absolute atomic E-state index is 0.468. The van der Waals surface area contributed by atoms with Gasteiger partial charge in [-0.2, -0.15) is 0 Å². The molecule has 4 nitrogen and oxygen atoms in total. The van der Waals surface area contributed by atoms with E-state index in [4.69, 9.17) is 0 Å². The summed E-state index contributed by atoms with van der Waals surface area (Å²) < 4.78 is 0. The van der Waals surface area contributed by atoms with Gasteiger partial charge < -0.3 is 10.6 Å². The van der Waals surface area contributed by atoms with E-state index in [1.165, 1.54) is 19.3 Å². The van der Waals surface area contributed by atoms with Crippen molar-refractivity contribution >= 4 is 11.6 Å².